The Labute approximate surface area is 130 Å². The van der Waals surface area contributed by atoms with Gasteiger partial charge in [-0.3, -0.25) is 4.98 Å². The third kappa shape index (κ3) is 3.80. The predicted molar refractivity (Wildman–Crippen MR) is 87.3 cm³/mol. The van der Waals surface area contributed by atoms with E-state index in [9.17, 15) is 0 Å². The molecule has 0 radical (unpaired) electrons. The average Bonchev–Trinajstić information content (AvgIpc) is 2.98. The maximum atomic E-state index is 4.45. The van der Waals surface area contributed by atoms with Crippen molar-refractivity contribution in [2.75, 3.05) is 0 Å². The van der Waals surface area contributed by atoms with Gasteiger partial charge in [0.05, 0.1) is 6.54 Å². The van der Waals surface area contributed by atoms with Gasteiger partial charge in [-0.1, -0.05) is 29.8 Å². The van der Waals surface area contributed by atoms with E-state index in [0.717, 1.165) is 25.5 Å². The summed E-state index contributed by atoms with van der Waals surface area (Å²) in [5.74, 6) is 1.05. The smallest absolute Gasteiger partial charge is 0.122 e. The molecule has 1 aromatic carbocycles. The molecule has 3 rings (SSSR count). The number of rotatable bonds is 6. The van der Waals surface area contributed by atoms with Crippen LogP contribution >= 0.6 is 0 Å². The van der Waals surface area contributed by atoms with Gasteiger partial charge < -0.3 is 9.88 Å². The molecule has 0 amide bonds. The zero-order chi connectivity index (χ0) is 15.2. The van der Waals surface area contributed by atoms with E-state index in [1.54, 1.807) is 0 Å². The fraction of sp³-hybridized carbons (Fsp3) is 0.222. The number of pyridine rings is 1. The summed E-state index contributed by atoms with van der Waals surface area (Å²) in [4.78, 5) is 8.48. The first-order chi connectivity index (χ1) is 10.8. The molecule has 4 heteroatoms. The number of aryl methyl sites for hydroxylation is 1. The van der Waals surface area contributed by atoms with E-state index in [4.69, 9.17) is 0 Å². The molecule has 0 fully saturated rings. The minimum atomic E-state index is 0.751. The molecule has 0 unspecified atom stereocenters. The highest BCUT2D eigenvalue weighted by molar-refractivity contribution is 5.22. The van der Waals surface area contributed by atoms with Gasteiger partial charge in [-0.2, -0.15) is 0 Å². The summed E-state index contributed by atoms with van der Waals surface area (Å²) < 4.78 is 2.18. The molecule has 3 aromatic rings. The summed E-state index contributed by atoms with van der Waals surface area (Å²) in [7, 11) is 0. The minimum Gasteiger partial charge on any atom is -0.329 e. The Morgan fingerprint density at radius 3 is 2.45 bits per heavy atom. The lowest BCUT2D eigenvalue weighted by Crippen LogP contribution is -2.17. The van der Waals surface area contributed by atoms with Crippen LogP contribution < -0.4 is 5.32 Å². The van der Waals surface area contributed by atoms with Gasteiger partial charge >= 0.3 is 0 Å². The van der Waals surface area contributed by atoms with Gasteiger partial charge in [0.1, 0.15) is 5.82 Å². The van der Waals surface area contributed by atoms with Gasteiger partial charge in [0.25, 0.3) is 0 Å². The molecule has 0 saturated heterocycles. The van der Waals surface area contributed by atoms with Crippen molar-refractivity contribution in [3.05, 3.63) is 83.7 Å². The van der Waals surface area contributed by atoms with E-state index in [1.807, 2.05) is 36.9 Å². The number of aromatic nitrogens is 3. The second-order valence-electron chi connectivity index (χ2n) is 5.42. The zero-order valence-corrected chi connectivity index (χ0v) is 12.7. The largest absolute Gasteiger partial charge is 0.329 e. The lowest BCUT2D eigenvalue weighted by Gasteiger charge is -2.09. The summed E-state index contributed by atoms with van der Waals surface area (Å²) >= 11 is 0. The highest BCUT2D eigenvalue weighted by Crippen LogP contribution is 2.08. The molecule has 1 N–H and O–H groups in total. The Morgan fingerprint density at radius 2 is 1.68 bits per heavy atom. The molecule has 0 bridgehead atoms. The van der Waals surface area contributed by atoms with Gasteiger partial charge in [0.15, 0.2) is 0 Å². The molecule has 0 aliphatic rings. The second-order valence-corrected chi connectivity index (χ2v) is 5.42. The molecule has 2 heterocycles. The molecule has 0 atom stereocenters. The first-order valence-corrected chi connectivity index (χ1v) is 7.46. The Hall–Kier alpha value is -2.46. The first-order valence-electron chi connectivity index (χ1n) is 7.46. The van der Waals surface area contributed by atoms with E-state index in [1.165, 1.54) is 16.7 Å². The molecule has 0 aliphatic heterocycles. The van der Waals surface area contributed by atoms with E-state index < -0.39 is 0 Å². The van der Waals surface area contributed by atoms with Crippen molar-refractivity contribution < 1.29 is 0 Å². The molecule has 0 saturated carbocycles. The van der Waals surface area contributed by atoms with Crippen molar-refractivity contribution in [3.63, 3.8) is 0 Å². The van der Waals surface area contributed by atoms with E-state index in [-0.39, 0.29) is 0 Å². The number of nitrogens with one attached hydrogen (secondary N) is 1. The Kier molecular flexibility index (Phi) is 4.61. The van der Waals surface area contributed by atoms with Crippen LogP contribution in [0.3, 0.4) is 0 Å². The van der Waals surface area contributed by atoms with Crippen LogP contribution in [0.5, 0.6) is 0 Å². The van der Waals surface area contributed by atoms with Crippen LogP contribution in [0.4, 0.5) is 0 Å². The number of hydrogen-bond acceptors (Lipinski definition) is 3. The van der Waals surface area contributed by atoms with Gasteiger partial charge in [-0.05, 0) is 30.2 Å². The van der Waals surface area contributed by atoms with Crippen LogP contribution in [0.15, 0.2) is 61.2 Å². The van der Waals surface area contributed by atoms with Crippen molar-refractivity contribution >= 4 is 0 Å². The highest BCUT2D eigenvalue weighted by Gasteiger charge is 2.03. The molecule has 0 aliphatic carbocycles. The molecule has 0 spiro atoms. The maximum absolute atomic E-state index is 4.45. The molecular formula is C18H20N4. The van der Waals surface area contributed by atoms with Crippen LogP contribution in [0.2, 0.25) is 0 Å². The fourth-order valence-electron chi connectivity index (χ4n) is 2.36. The molecule has 4 nitrogen and oxygen atoms in total. The van der Waals surface area contributed by atoms with Gasteiger partial charge in [-0.15, -0.1) is 0 Å². The van der Waals surface area contributed by atoms with Crippen molar-refractivity contribution in [1.82, 2.24) is 19.9 Å². The monoisotopic (exact) mass is 292 g/mol. The summed E-state index contributed by atoms with van der Waals surface area (Å²) in [5, 5.41) is 3.43. The molecular weight excluding hydrogens is 272 g/mol. The molecule has 2 aromatic heterocycles. The number of imidazole rings is 1. The number of nitrogens with zero attached hydrogens (tertiary/aromatic N) is 3. The lowest BCUT2D eigenvalue weighted by molar-refractivity contribution is 0.621. The quantitative estimate of drug-likeness (QED) is 0.759. The van der Waals surface area contributed by atoms with E-state index >= 15 is 0 Å². The maximum Gasteiger partial charge on any atom is 0.122 e. The second kappa shape index (κ2) is 7.00. The summed E-state index contributed by atoms with van der Waals surface area (Å²) in [6, 6.07) is 12.7. The lowest BCUT2D eigenvalue weighted by atomic mass is 10.1. The third-order valence-electron chi connectivity index (χ3n) is 3.64. The molecule has 22 heavy (non-hydrogen) atoms. The zero-order valence-electron chi connectivity index (χ0n) is 12.7. The summed E-state index contributed by atoms with van der Waals surface area (Å²) in [6.45, 7) is 4.53. The third-order valence-corrected chi connectivity index (χ3v) is 3.64. The van der Waals surface area contributed by atoms with Crippen LogP contribution in [0, 0.1) is 6.92 Å². The standard InChI is InChI=1S/C18H20N4/c1-15-2-4-17(5-3-15)14-22-11-10-21-18(22)13-20-12-16-6-8-19-9-7-16/h2-11,20H,12-14H2,1H3. The Balaban J connectivity index is 1.59. The fourth-order valence-corrected chi connectivity index (χ4v) is 2.36. The molecule has 112 valence electrons. The van der Waals surface area contributed by atoms with Crippen molar-refractivity contribution in [2.45, 2.75) is 26.6 Å². The normalized spacial score (nSPS) is 10.8. The van der Waals surface area contributed by atoms with Crippen molar-refractivity contribution in [1.29, 1.82) is 0 Å². The SMILES string of the molecule is Cc1ccc(Cn2ccnc2CNCc2ccncc2)cc1. The van der Waals surface area contributed by atoms with Crippen LogP contribution in [-0.4, -0.2) is 14.5 Å². The van der Waals surface area contributed by atoms with Crippen LogP contribution in [-0.2, 0) is 19.6 Å². The van der Waals surface area contributed by atoms with E-state index in [0.29, 0.717) is 0 Å². The Bertz CT molecular complexity index is 701. The van der Waals surface area contributed by atoms with Crippen molar-refractivity contribution in [2.24, 2.45) is 0 Å². The van der Waals surface area contributed by atoms with Crippen LogP contribution in [0.25, 0.3) is 0 Å². The van der Waals surface area contributed by atoms with Crippen molar-refractivity contribution in [3.8, 4) is 0 Å². The first kappa shape index (κ1) is 14.5. The van der Waals surface area contributed by atoms with Gasteiger partial charge in [0.2, 0.25) is 0 Å². The summed E-state index contributed by atoms with van der Waals surface area (Å²) in [6.07, 6.45) is 7.52. The highest BCUT2D eigenvalue weighted by atomic mass is 15.1. The van der Waals surface area contributed by atoms with E-state index in [2.05, 4.69) is 51.0 Å². The average molecular weight is 292 g/mol. The van der Waals surface area contributed by atoms with Gasteiger partial charge in [-0.25, -0.2) is 4.98 Å². The Morgan fingerprint density at radius 1 is 0.909 bits per heavy atom. The van der Waals surface area contributed by atoms with Gasteiger partial charge in [0, 0.05) is 37.9 Å². The topological polar surface area (TPSA) is 42.7 Å². The van der Waals surface area contributed by atoms with Crippen LogP contribution in [0.1, 0.15) is 22.5 Å². The number of hydrogen-bond donors (Lipinski definition) is 1. The minimum absolute atomic E-state index is 0.751. The summed E-state index contributed by atoms with van der Waals surface area (Å²) in [5.41, 5.74) is 3.80. The predicted octanol–water partition coefficient (Wildman–Crippen LogP) is 2.92. The number of benzene rings is 1.